The van der Waals surface area contributed by atoms with Gasteiger partial charge in [0.15, 0.2) is 0 Å². The van der Waals surface area contributed by atoms with Gasteiger partial charge in [0.05, 0.1) is 0 Å². The van der Waals surface area contributed by atoms with Gasteiger partial charge >= 0.3 is 13.5 Å². The molecule has 0 aliphatic rings. The Hall–Kier alpha value is -0.695. The summed E-state index contributed by atoms with van der Waals surface area (Å²) in [5.74, 6) is -2.20. The zero-order chi connectivity index (χ0) is 8.73. The Morgan fingerprint density at radius 3 is 1.60 bits per heavy atom. The first-order valence-electron chi connectivity index (χ1n) is 2.27. The van der Waals surface area contributed by atoms with E-state index in [-0.39, 0.29) is 0 Å². The molecule has 1 N–H and O–H groups in total. The van der Waals surface area contributed by atoms with Gasteiger partial charge in [-0.2, -0.15) is 0 Å². The fourth-order valence-corrected chi connectivity index (χ4v) is 0. The van der Waals surface area contributed by atoms with Crippen LogP contribution in [0.1, 0.15) is 6.92 Å². The van der Waals surface area contributed by atoms with Gasteiger partial charge in [0.1, 0.15) is 6.66 Å². The molecule has 10 heavy (non-hydrogen) atoms. The van der Waals surface area contributed by atoms with Crippen LogP contribution >= 0.6 is 7.68 Å². The van der Waals surface area contributed by atoms with Crippen LogP contribution in [0.3, 0.4) is 0 Å². The average Bonchev–Trinajstić information content (AvgIpc) is 1.63. The van der Waals surface area contributed by atoms with Crippen LogP contribution in [0.4, 0.5) is 0 Å². The third kappa shape index (κ3) is 26.6. The van der Waals surface area contributed by atoms with Crippen molar-refractivity contribution in [2.75, 3.05) is 6.66 Å². The topological polar surface area (TPSA) is 71.4 Å². The maximum Gasteiger partial charge on any atom is 0.502 e. The number of aliphatic carboxylic acids is 1. The van der Waals surface area contributed by atoms with Gasteiger partial charge in [-0.1, -0.05) is 0 Å². The largest absolute Gasteiger partial charge is 0.502 e. The molecule has 0 aliphatic carbocycles. The Balaban J connectivity index is 0. The maximum atomic E-state index is 9.54. The number of carbonyl (C=O) groups is 2. The van der Waals surface area contributed by atoms with Crippen molar-refractivity contribution in [3.05, 3.63) is 0 Å². The number of Topliss-reactive ketones (excluding diaryl/α,β-unsaturated/α-hetero) is 1. The lowest BCUT2D eigenvalue weighted by Crippen LogP contribution is -2.05. The highest BCUT2D eigenvalue weighted by Crippen LogP contribution is 1.98. The van der Waals surface area contributed by atoms with E-state index in [1.54, 1.807) is 0 Å². The van der Waals surface area contributed by atoms with Crippen LogP contribution in [0, 0.1) is 0 Å². The summed E-state index contributed by atoms with van der Waals surface area (Å²) in [5, 5.41) is 7.64. The van der Waals surface area contributed by atoms with Crippen molar-refractivity contribution in [3.63, 3.8) is 0 Å². The van der Waals surface area contributed by atoms with E-state index in [0.29, 0.717) is 0 Å². The molecule has 1 atom stereocenters. The molecule has 4 nitrogen and oxygen atoms in total. The van der Waals surface area contributed by atoms with Crippen LogP contribution in [0.15, 0.2) is 0 Å². The highest BCUT2D eigenvalue weighted by atomic mass is 31.1. The molecule has 6 heteroatoms. The predicted molar refractivity (Wildman–Crippen MR) is 37.6 cm³/mol. The lowest BCUT2D eigenvalue weighted by atomic mass is 10.5. The molecule has 0 aromatic rings. The molecule has 2 radical (unpaired) electrons. The first-order chi connectivity index (χ1) is 4.37. The summed E-state index contributed by atoms with van der Waals surface area (Å²) in [5.41, 5.74) is 0. The number of rotatable bonds is 1. The van der Waals surface area contributed by atoms with E-state index in [1.807, 2.05) is 0 Å². The lowest BCUT2D eigenvalue weighted by molar-refractivity contribution is -0.148. The van der Waals surface area contributed by atoms with Crippen LogP contribution in [0.5, 0.6) is 0 Å². The van der Waals surface area contributed by atoms with E-state index in [9.17, 15) is 14.2 Å². The Bertz CT molecular complexity index is 139. The van der Waals surface area contributed by atoms with Gasteiger partial charge in [-0.25, -0.2) is 4.79 Å². The highest BCUT2D eigenvalue weighted by Gasteiger charge is 1.98. The molecule has 0 bridgehead atoms. The molecule has 0 aliphatic heterocycles. The van der Waals surface area contributed by atoms with Gasteiger partial charge in [0, 0.05) is 6.92 Å². The third-order valence-electron chi connectivity index (χ3n) is 0.301. The Kier molecular flexibility index (Phi) is 7.73. The number of carboxylic acid groups (broad SMARTS) is 1. The smallest absolute Gasteiger partial charge is 0.476 e. The molecule has 0 rings (SSSR count). The van der Waals surface area contributed by atoms with Crippen molar-refractivity contribution in [2.45, 2.75) is 6.92 Å². The Morgan fingerprint density at radius 1 is 1.50 bits per heavy atom. The minimum Gasteiger partial charge on any atom is -0.476 e. The number of carboxylic acids is 1. The minimum absolute atomic E-state index is 0.824. The van der Waals surface area contributed by atoms with Gasteiger partial charge in [-0.05, 0) is 0 Å². The van der Waals surface area contributed by atoms with Gasteiger partial charge < -0.3 is 5.11 Å². The molecule has 0 amide bonds. The van der Waals surface area contributed by atoms with Crippen LogP contribution in [0.2, 0.25) is 0 Å². The van der Waals surface area contributed by atoms with Crippen LogP contribution in [0.25, 0.3) is 0 Å². The summed E-state index contributed by atoms with van der Waals surface area (Å²) in [4.78, 5) is 18.9. The zero-order valence-corrected chi connectivity index (χ0v) is 6.59. The number of carbonyl (C=O) groups excluding carboxylic acids is 1. The van der Waals surface area contributed by atoms with E-state index in [1.165, 1.54) is 6.66 Å². The van der Waals surface area contributed by atoms with Crippen molar-refractivity contribution >= 4 is 27.0 Å². The highest BCUT2D eigenvalue weighted by molar-refractivity contribution is 7.71. The summed E-state index contributed by atoms with van der Waals surface area (Å²) >= 11 is 0. The summed E-state index contributed by atoms with van der Waals surface area (Å²) in [6.07, 6.45) is 0. The molecular formula is C4H7BO4P+. The lowest BCUT2D eigenvalue weighted by Gasteiger charge is -1.73. The van der Waals surface area contributed by atoms with E-state index in [0.717, 1.165) is 6.92 Å². The molecule has 54 valence electrons. The minimum atomic E-state index is -1.38. The first kappa shape index (κ1) is 12.0. The van der Waals surface area contributed by atoms with Gasteiger partial charge in [0.2, 0.25) is 5.78 Å². The monoisotopic (exact) mass is 161 g/mol. The molecule has 1 unspecified atom stereocenters. The van der Waals surface area contributed by atoms with Crippen molar-refractivity contribution in [2.24, 2.45) is 0 Å². The fraction of sp³-hybridized carbons (Fsp3) is 0.500. The second kappa shape index (κ2) is 6.43. The third-order valence-corrected chi connectivity index (χ3v) is 0.301. The van der Waals surface area contributed by atoms with Gasteiger partial charge in [-0.15, -0.1) is 4.57 Å². The summed E-state index contributed by atoms with van der Waals surface area (Å²) in [7, 11) is 3.25. The quantitative estimate of drug-likeness (QED) is 0.338. The van der Waals surface area contributed by atoms with Gasteiger partial charge in [-0.3, -0.25) is 4.79 Å². The second-order valence-corrected chi connectivity index (χ2v) is 2.50. The van der Waals surface area contributed by atoms with Crippen molar-refractivity contribution in [1.29, 1.82) is 0 Å². The summed E-state index contributed by atoms with van der Waals surface area (Å²) in [6.45, 7) is 2.46. The standard InChI is InChI=1S/C3H4O3.CH3BOP/c1-2(4)3(5)6;1-4(2)3/h1H3,(H,5,6);1H3/q;+1. The molecule has 0 heterocycles. The van der Waals surface area contributed by atoms with Crippen molar-refractivity contribution in [3.8, 4) is 0 Å². The van der Waals surface area contributed by atoms with E-state index < -0.39 is 19.4 Å². The fourth-order valence-electron chi connectivity index (χ4n) is 0. The second-order valence-electron chi connectivity index (χ2n) is 1.41. The molecule has 0 aromatic carbocycles. The van der Waals surface area contributed by atoms with E-state index >= 15 is 0 Å². The average molecular weight is 161 g/mol. The number of hydrogen-bond acceptors (Lipinski definition) is 3. The number of hydrogen-bond donors (Lipinski definition) is 1. The van der Waals surface area contributed by atoms with Gasteiger partial charge in [0.25, 0.3) is 7.68 Å². The van der Waals surface area contributed by atoms with Crippen molar-refractivity contribution < 1.29 is 19.3 Å². The normalized spacial score (nSPS) is 8.80. The van der Waals surface area contributed by atoms with Crippen LogP contribution < -0.4 is 0 Å². The molecular weight excluding hydrogens is 154 g/mol. The first-order valence-corrected chi connectivity index (χ1v) is 4.05. The molecule has 0 saturated heterocycles. The molecule has 0 saturated carbocycles. The van der Waals surface area contributed by atoms with Crippen LogP contribution in [-0.2, 0) is 14.2 Å². The molecule has 0 spiro atoms. The summed E-state index contributed by atoms with van der Waals surface area (Å²) < 4.78 is 9.37. The summed E-state index contributed by atoms with van der Waals surface area (Å²) in [6, 6.07) is 0. The Labute approximate surface area is 60.8 Å². The van der Waals surface area contributed by atoms with E-state index in [4.69, 9.17) is 5.11 Å². The van der Waals surface area contributed by atoms with E-state index in [2.05, 4.69) is 7.57 Å². The van der Waals surface area contributed by atoms with Crippen molar-refractivity contribution in [1.82, 2.24) is 0 Å². The maximum absolute atomic E-state index is 9.54. The predicted octanol–water partition coefficient (Wildman–Crippen LogP) is 0.187. The molecule has 0 aromatic heterocycles. The Morgan fingerprint density at radius 2 is 1.60 bits per heavy atom. The zero-order valence-electron chi connectivity index (χ0n) is 5.70. The van der Waals surface area contributed by atoms with Crippen LogP contribution in [-0.4, -0.2) is 31.1 Å². The number of ketones is 1. The SMILES string of the molecule is CC(=O)C(=O)O.[B][P+](C)=O. The molecule has 0 fully saturated rings.